The molecule has 0 fully saturated rings. The van der Waals surface area contributed by atoms with Gasteiger partial charge in [0.05, 0.1) is 0 Å². The van der Waals surface area contributed by atoms with Crippen LogP contribution in [0.2, 0.25) is 0 Å². The molecule has 0 heterocycles. The van der Waals surface area contributed by atoms with E-state index >= 15 is 0 Å². The van der Waals surface area contributed by atoms with Gasteiger partial charge in [-0.2, -0.15) is 0 Å². The molecule has 5 nitrogen and oxygen atoms in total. The number of hydrogen-bond donors (Lipinski definition) is 3. The molecular weight excluding hydrogens is 244 g/mol. The molecule has 0 saturated carbocycles. The highest BCUT2D eigenvalue weighted by Gasteiger charge is 2.18. The molecule has 0 aliphatic rings. The Morgan fingerprint density at radius 1 is 1.11 bits per heavy atom. The molecule has 1 amide bonds. The third-order valence-corrected chi connectivity index (χ3v) is 3.09. The molecule has 0 aromatic rings. The molecule has 1 unspecified atom stereocenters. The lowest BCUT2D eigenvalue weighted by atomic mass is 10.1. The summed E-state index contributed by atoms with van der Waals surface area (Å²) in [6.07, 6.45) is 8.10. The van der Waals surface area contributed by atoms with E-state index in [-0.39, 0.29) is 5.91 Å². The van der Waals surface area contributed by atoms with Gasteiger partial charge < -0.3 is 16.2 Å². The maximum Gasteiger partial charge on any atom is 0.326 e. The van der Waals surface area contributed by atoms with E-state index < -0.39 is 12.0 Å². The molecule has 0 aromatic carbocycles. The summed E-state index contributed by atoms with van der Waals surface area (Å²) in [6.45, 7) is 2.61. The second-order valence-electron chi connectivity index (χ2n) is 4.91. The highest BCUT2D eigenvalue weighted by atomic mass is 16.4. The molecular formula is C14H28N2O3. The summed E-state index contributed by atoms with van der Waals surface area (Å²) >= 11 is 0. The lowest BCUT2D eigenvalue weighted by Gasteiger charge is -2.13. The van der Waals surface area contributed by atoms with Gasteiger partial charge in [-0.1, -0.05) is 39.0 Å². The molecule has 5 heteroatoms. The summed E-state index contributed by atoms with van der Waals surface area (Å²) in [7, 11) is 0. The molecule has 0 bridgehead atoms. The lowest BCUT2D eigenvalue weighted by molar-refractivity contribution is -0.142. The van der Waals surface area contributed by atoms with Crippen molar-refractivity contribution in [1.82, 2.24) is 5.32 Å². The molecule has 0 aliphatic heterocycles. The summed E-state index contributed by atoms with van der Waals surface area (Å²) < 4.78 is 0. The van der Waals surface area contributed by atoms with Gasteiger partial charge >= 0.3 is 5.97 Å². The van der Waals surface area contributed by atoms with Crippen molar-refractivity contribution in [1.29, 1.82) is 0 Å². The van der Waals surface area contributed by atoms with E-state index in [1.54, 1.807) is 0 Å². The van der Waals surface area contributed by atoms with Crippen molar-refractivity contribution in [2.24, 2.45) is 5.73 Å². The van der Waals surface area contributed by atoms with Crippen LogP contribution in [0.1, 0.15) is 64.7 Å². The van der Waals surface area contributed by atoms with Gasteiger partial charge in [0.2, 0.25) is 5.91 Å². The zero-order valence-electron chi connectivity index (χ0n) is 12.0. The van der Waals surface area contributed by atoms with E-state index in [4.69, 9.17) is 10.8 Å². The van der Waals surface area contributed by atoms with Crippen LogP contribution in [0, 0.1) is 0 Å². The fraction of sp³-hybridized carbons (Fsp3) is 0.857. The number of unbranched alkanes of at least 4 members (excludes halogenated alkanes) is 5. The van der Waals surface area contributed by atoms with Crippen molar-refractivity contribution in [3.8, 4) is 0 Å². The first-order valence-electron chi connectivity index (χ1n) is 7.34. The number of carboxylic acid groups (broad SMARTS) is 1. The molecule has 4 N–H and O–H groups in total. The minimum Gasteiger partial charge on any atom is -0.480 e. The number of amides is 1. The Morgan fingerprint density at radius 2 is 1.74 bits per heavy atom. The van der Waals surface area contributed by atoms with Gasteiger partial charge in [-0.3, -0.25) is 4.79 Å². The summed E-state index contributed by atoms with van der Waals surface area (Å²) in [5.74, 6) is -1.15. The molecule has 0 aromatic heterocycles. The van der Waals surface area contributed by atoms with Crippen molar-refractivity contribution in [2.45, 2.75) is 70.8 Å². The van der Waals surface area contributed by atoms with Gasteiger partial charge in [0.25, 0.3) is 0 Å². The van der Waals surface area contributed by atoms with Crippen molar-refractivity contribution in [3.63, 3.8) is 0 Å². The van der Waals surface area contributed by atoms with Crippen LogP contribution < -0.4 is 11.1 Å². The van der Waals surface area contributed by atoms with Crippen LogP contribution >= 0.6 is 0 Å². The number of nitrogens with one attached hydrogen (secondary N) is 1. The number of carboxylic acids is 1. The smallest absolute Gasteiger partial charge is 0.326 e. The molecule has 0 spiro atoms. The Balaban J connectivity index is 3.71. The minimum atomic E-state index is -0.982. The summed E-state index contributed by atoms with van der Waals surface area (Å²) in [5.41, 5.74) is 5.34. The zero-order chi connectivity index (χ0) is 14.5. The van der Waals surface area contributed by atoms with Gasteiger partial charge in [0.1, 0.15) is 6.04 Å². The fourth-order valence-corrected chi connectivity index (χ4v) is 1.91. The van der Waals surface area contributed by atoms with E-state index in [9.17, 15) is 9.59 Å². The average Bonchev–Trinajstić information content (AvgIpc) is 2.38. The molecule has 112 valence electrons. The molecule has 0 rings (SSSR count). The maximum absolute atomic E-state index is 11.6. The van der Waals surface area contributed by atoms with Crippen LogP contribution in [-0.4, -0.2) is 29.6 Å². The number of aliphatic carboxylic acids is 1. The number of hydrogen-bond acceptors (Lipinski definition) is 3. The largest absolute Gasteiger partial charge is 0.480 e. The van der Waals surface area contributed by atoms with Gasteiger partial charge in [-0.25, -0.2) is 4.79 Å². The predicted octanol–water partition coefficient (Wildman–Crippen LogP) is 2.05. The van der Waals surface area contributed by atoms with E-state index in [1.165, 1.54) is 19.3 Å². The third-order valence-electron chi connectivity index (χ3n) is 3.09. The second kappa shape index (κ2) is 12.0. The zero-order valence-corrected chi connectivity index (χ0v) is 12.0. The number of rotatable bonds is 12. The van der Waals surface area contributed by atoms with E-state index in [1.807, 2.05) is 0 Å². The monoisotopic (exact) mass is 272 g/mol. The van der Waals surface area contributed by atoms with Crippen molar-refractivity contribution < 1.29 is 14.7 Å². The number of carbonyl (C=O) groups is 2. The summed E-state index contributed by atoms with van der Waals surface area (Å²) in [5, 5.41) is 11.5. The quantitative estimate of drug-likeness (QED) is 0.474. The second-order valence-corrected chi connectivity index (χ2v) is 4.91. The summed E-state index contributed by atoms with van der Waals surface area (Å²) in [6, 6.07) is -0.795. The number of nitrogens with two attached hydrogens (primary N) is 1. The van der Waals surface area contributed by atoms with Gasteiger partial charge in [0.15, 0.2) is 0 Å². The van der Waals surface area contributed by atoms with Crippen LogP contribution in [0.15, 0.2) is 0 Å². The first kappa shape index (κ1) is 17.9. The van der Waals surface area contributed by atoms with Gasteiger partial charge in [-0.05, 0) is 25.8 Å². The van der Waals surface area contributed by atoms with Gasteiger partial charge in [-0.15, -0.1) is 0 Å². The van der Waals surface area contributed by atoms with Crippen molar-refractivity contribution in [2.75, 3.05) is 6.54 Å². The molecule has 0 saturated heterocycles. The SMILES string of the molecule is CCCCCCCCC(=O)NC(CCCN)C(=O)O. The third kappa shape index (κ3) is 10.5. The van der Waals surface area contributed by atoms with Crippen molar-refractivity contribution >= 4 is 11.9 Å². The minimum absolute atomic E-state index is 0.167. The Kier molecular flexibility index (Phi) is 11.3. The predicted molar refractivity (Wildman–Crippen MR) is 75.8 cm³/mol. The molecule has 19 heavy (non-hydrogen) atoms. The van der Waals surface area contributed by atoms with Crippen LogP contribution in [0.25, 0.3) is 0 Å². The molecule has 1 atom stereocenters. The normalized spacial score (nSPS) is 12.1. The van der Waals surface area contributed by atoms with E-state index in [0.29, 0.717) is 25.8 Å². The fourth-order valence-electron chi connectivity index (χ4n) is 1.91. The standard InChI is InChI=1S/C14H28N2O3/c1-2-3-4-5-6-7-10-13(17)16-12(14(18)19)9-8-11-15/h12H,2-11,15H2,1H3,(H,16,17)(H,18,19). The Morgan fingerprint density at radius 3 is 2.32 bits per heavy atom. The number of carbonyl (C=O) groups excluding carboxylic acids is 1. The van der Waals surface area contributed by atoms with Crippen LogP contribution in [0.3, 0.4) is 0 Å². The maximum atomic E-state index is 11.6. The first-order chi connectivity index (χ1) is 9.11. The summed E-state index contributed by atoms with van der Waals surface area (Å²) in [4.78, 5) is 22.5. The lowest BCUT2D eigenvalue weighted by Crippen LogP contribution is -2.40. The topological polar surface area (TPSA) is 92.4 Å². The highest BCUT2D eigenvalue weighted by molar-refractivity contribution is 5.83. The Labute approximate surface area is 115 Å². The Hall–Kier alpha value is -1.10. The average molecular weight is 272 g/mol. The van der Waals surface area contributed by atoms with Crippen LogP contribution in [0.4, 0.5) is 0 Å². The van der Waals surface area contributed by atoms with Crippen LogP contribution in [0.5, 0.6) is 0 Å². The first-order valence-corrected chi connectivity index (χ1v) is 7.34. The van der Waals surface area contributed by atoms with E-state index in [0.717, 1.165) is 19.3 Å². The molecule has 0 radical (unpaired) electrons. The Bertz CT molecular complexity index is 257. The molecule has 0 aliphatic carbocycles. The van der Waals surface area contributed by atoms with E-state index in [2.05, 4.69) is 12.2 Å². The van der Waals surface area contributed by atoms with Crippen LogP contribution in [-0.2, 0) is 9.59 Å². The van der Waals surface area contributed by atoms with Crippen molar-refractivity contribution in [3.05, 3.63) is 0 Å². The van der Waals surface area contributed by atoms with Gasteiger partial charge in [0, 0.05) is 6.42 Å². The highest BCUT2D eigenvalue weighted by Crippen LogP contribution is 2.07.